The highest BCUT2D eigenvalue weighted by Crippen LogP contribution is 2.36. The van der Waals surface area contributed by atoms with Gasteiger partial charge in [-0.25, -0.2) is 4.79 Å². The van der Waals surface area contributed by atoms with Gasteiger partial charge in [-0.1, -0.05) is 41.9 Å². The van der Waals surface area contributed by atoms with E-state index in [2.05, 4.69) is 5.32 Å². The second kappa shape index (κ2) is 8.53. The fraction of sp³-hybridized carbons (Fsp3) is 0.0833. The standard InChI is InChI=1S/C24H18ClNO5/c1-29-21-13-19(22(30-2)12-18(21)25)26-23(27)15-9-7-14(8-10-15)17-11-16-5-3-4-6-20(16)31-24(17)28/h3-13H,1-2H3,(H,26,27). The number of benzene rings is 3. The number of halogens is 1. The lowest BCUT2D eigenvalue weighted by Gasteiger charge is -2.13. The number of carbonyl (C=O) groups excluding carboxylic acids is 1. The molecule has 0 atom stereocenters. The summed E-state index contributed by atoms with van der Waals surface area (Å²) in [4.78, 5) is 25.1. The highest BCUT2D eigenvalue weighted by molar-refractivity contribution is 6.32. The fourth-order valence-corrected chi connectivity index (χ4v) is 3.45. The van der Waals surface area contributed by atoms with Gasteiger partial charge in [0.1, 0.15) is 17.1 Å². The van der Waals surface area contributed by atoms with Gasteiger partial charge in [0.2, 0.25) is 0 Å². The second-order valence-corrected chi connectivity index (χ2v) is 7.11. The molecule has 1 N–H and O–H groups in total. The number of anilines is 1. The number of ether oxygens (including phenoxy) is 2. The van der Waals surface area contributed by atoms with E-state index in [0.717, 1.165) is 5.39 Å². The van der Waals surface area contributed by atoms with E-state index in [0.29, 0.717) is 44.5 Å². The van der Waals surface area contributed by atoms with E-state index in [4.69, 9.17) is 25.5 Å². The normalized spacial score (nSPS) is 10.7. The molecule has 0 aliphatic carbocycles. The van der Waals surface area contributed by atoms with Crippen molar-refractivity contribution in [2.45, 2.75) is 0 Å². The number of hydrogen-bond donors (Lipinski definition) is 1. The Bertz CT molecular complexity index is 1330. The third-order valence-corrected chi connectivity index (χ3v) is 5.12. The number of methoxy groups -OCH3 is 2. The molecule has 4 rings (SSSR count). The second-order valence-electron chi connectivity index (χ2n) is 6.70. The Labute approximate surface area is 183 Å². The van der Waals surface area contributed by atoms with Crippen LogP contribution in [0, 0.1) is 0 Å². The molecule has 1 heterocycles. The van der Waals surface area contributed by atoms with Crippen LogP contribution in [0.4, 0.5) is 5.69 Å². The van der Waals surface area contributed by atoms with Gasteiger partial charge in [-0.3, -0.25) is 4.79 Å². The van der Waals surface area contributed by atoms with Crippen molar-refractivity contribution in [2.75, 3.05) is 19.5 Å². The number of amides is 1. The van der Waals surface area contributed by atoms with Crippen LogP contribution in [0.3, 0.4) is 0 Å². The molecule has 0 saturated carbocycles. The number of rotatable bonds is 5. The van der Waals surface area contributed by atoms with E-state index in [-0.39, 0.29) is 5.91 Å². The zero-order chi connectivity index (χ0) is 22.0. The molecule has 3 aromatic carbocycles. The molecule has 1 amide bonds. The third kappa shape index (κ3) is 4.11. The monoisotopic (exact) mass is 435 g/mol. The molecule has 0 aliphatic rings. The van der Waals surface area contributed by atoms with Crippen LogP contribution in [0.2, 0.25) is 5.02 Å². The van der Waals surface area contributed by atoms with Crippen molar-refractivity contribution in [2.24, 2.45) is 0 Å². The maximum Gasteiger partial charge on any atom is 0.344 e. The predicted molar refractivity (Wildman–Crippen MR) is 120 cm³/mol. The van der Waals surface area contributed by atoms with E-state index in [1.165, 1.54) is 14.2 Å². The largest absolute Gasteiger partial charge is 0.495 e. The number of hydrogen-bond acceptors (Lipinski definition) is 5. The van der Waals surface area contributed by atoms with E-state index in [1.807, 2.05) is 18.2 Å². The Morgan fingerprint density at radius 3 is 2.35 bits per heavy atom. The summed E-state index contributed by atoms with van der Waals surface area (Å²) in [5, 5.41) is 3.98. The molecule has 4 aromatic rings. The summed E-state index contributed by atoms with van der Waals surface area (Å²) in [5.74, 6) is 0.473. The lowest BCUT2D eigenvalue weighted by Crippen LogP contribution is -2.13. The first-order valence-corrected chi connectivity index (χ1v) is 9.74. The predicted octanol–water partition coefficient (Wildman–Crippen LogP) is 5.38. The van der Waals surface area contributed by atoms with Gasteiger partial charge in [0, 0.05) is 23.1 Å². The zero-order valence-electron chi connectivity index (χ0n) is 16.8. The zero-order valence-corrected chi connectivity index (χ0v) is 17.5. The number of nitrogens with one attached hydrogen (secondary N) is 1. The quantitative estimate of drug-likeness (QED) is 0.425. The van der Waals surface area contributed by atoms with Crippen LogP contribution in [0.1, 0.15) is 10.4 Å². The van der Waals surface area contributed by atoms with Crippen LogP contribution in [-0.2, 0) is 0 Å². The molecule has 7 heteroatoms. The molecule has 0 aliphatic heterocycles. The van der Waals surface area contributed by atoms with Crippen LogP contribution >= 0.6 is 11.6 Å². The van der Waals surface area contributed by atoms with Crippen molar-refractivity contribution < 1.29 is 18.7 Å². The minimum Gasteiger partial charge on any atom is -0.495 e. The SMILES string of the molecule is COc1cc(NC(=O)c2ccc(-c3cc4ccccc4oc3=O)cc2)c(OC)cc1Cl. The summed E-state index contributed by atoms with van der Waals surface area (Å²) in [6, 6.07) is 18.9. The van der Waals surface area contributed by atoms with Crippen molar-refractivity contribution in [1.82, 2.24) is 0 Å². The van der Waals surface area contributed by atoms with Crippen LogP contribution in [-0.4, -0.2) is 20.1 Å². The summed E-state index contributed by atoms with van der Waals surface area (Å²) in [7, 11) is 2.97. The smallest absolute Gasteiger partial charge is 0.344 e. The van der Waals surface area contributed by atoms with Crippen molar-refractivity contribution in [1.29, 1.82) is 0 Å². The van der Waals surface area contributed by atoms with Gasteiger partial charge in [0.25, 0.3) is 5.91 Å². The van der Waals surface area contributed by atoms with Crippen molar-refractivity contribution in [3.8, 4) is 22.6 Å². The molecule has 156 valence electrons. The number of para-hydroxylation sites is 1. The Morgan fingerprint density at radius 2 is 1.65 bits per heavy atom. The molecular weight excluding hydrogens is 418 g/mol. The molecule has 0 spiro atoms. The Morgan fingerprint density at radius 1 is 0.935 bits per heavy atom. The van der Waals surface area contributed by atoms with E-state index < -0.39 is 5.63 Å². The Kier molecular flexibility index (Phi) is 5.64. The van der Waals surface area contributed by atoms with Crippen LogP contribution in [0.15, 0.2) is 75.9 Å². The average Bonchev–Trinajstić information content (AvgIpc) is 2.79. The summed E-state index contributed by atoms with van der Waals surface area (Å²) in [5.41, 5.74) is 2.00. The first-order valence-electron chi connectivity index (χ1n) is 9.36. The van der Waals surface area contributed by atoms with Gasteiger partial charge in [-0.05, 0) is 29.8 Å². The molecule has 1 aromatic heterocycles. The number of carbonyl (C=O) groups is 1. The van der Waals surface area contributed by atoms with Crippen molar-refractivity contribution >= 4 is 34.2 Å². The van der Waals surface area contributed by atoms with Crippen molar-refractivity contribution in [3.63, 3.8) is 0 Å². The third-order valence-electron chi connectivity index (χ3n) is 4.82. The molecule has 0 unspecified atom stereocenters. The van der Waals surface area contributed by atoms with E-state index in [9.17, 15) is 9.59 Å². The van der Waals surface area contributed by atoms with Gasteiger partial charge in [0.05, 0.1) is 30.5 Å². The maximum absolute atomic E-state index is 12.7. The van der Waals surface area contributed by atoms with Gasteiger partial charge < -0.3 is 19.2 Å². The Hall–Kier alpha value is -3.77. The van der Waals surface area contributed by atoms with Gasteiger partial charge in [0.15, 0.2) is 0 Å². The van der Waals surface area contributed by atoms with Gasteiger partial charge in [-0.15, -0.1) is 0 Å². The molecule has 6 nitrogen and oxygen atoms in total. The molecular formula is C24H18ClNO5. The summed E-state index contributed by atoms with van der Waals surface area (Å²) in [6.45, 7) is 0. The maximum atomic E-state index is 12.7. The Balaban J connectivity index is 1.61. The van der Waals surface area contributed by atoms with Gasteiger partial charge >= 0.3 is 5.63 Å². The minimum absolute atomic E-state index is 0.347. The lowest BCUT2D eigenvalue weighted by molar-refractivity contribution is 0.102. The molecule has 0 saturated heterocycles. The average molecular weight is 436 g/mol. The summed E-state index contributed by atoms with van der Waals surface area (Å²) >= 11 is 6.11. The molecule has 0 radical (unpaired) electrons. The summed E-state index contributed by atoms with van der Waals surface area (Å²) in [6.07, 6.45) is 0. The number of fused-ring (bicyclic) bond motifs is 1. The van der Waals surface area contributed by atoms with Crippen LogP contribution in [0.25, 0.3) is 22.1 Å². The van der Waals surface area contributed by atoms with Crippen LogP contribution < -0.4 is 20.4 Å². The fourth-order valence-electron chi connectivity index (χ4n) is 3.22. The molecule has 31 heavy (non-hydrogen) atoms. The highest BCUT2D eigenvalue weighted by atomic mass is 35.5. The minimum atomic E-state index is -0.436. The summed E-state index contributed by atoms with van der Waals surface area (Å²) < 4.78 is 15.9. The first kappa shape index (κ1) is 20.5. The van der Waals surface area contributed by atoms with Crippen LogP contribution in [0.5, 0.6) is 11.5 Å². The lowest BCUT2D eigenvalue weighted by atomic mass is 10.0. The topological polar surface area (TPSA) is 77.8 Å². The van der Waals surface area contributed by atoms with Gasteiger partial charge in [-0.2, -0.15) is 0 Å². The highest BCUT2D eigenvalue weighted by Gasteiger charge is 2.15. The van der Waals surface area contributed by atoms with Crippen molar-refractivity contribution in [3.05, 3.63) is 87.7 Å². The first-order chi connectivity index (χ1) is 15.0. The van der Waals surface area contributed by atoms with E-state index in [1.54, 1.807) is 48.5 Å². The molecule has 0 fully saturated rings. The molecule has 0 bridgehead atoms. The van der Waals surface area contributed by atoms with E-state index >= 15 is 0 Å².